The molecular formula is C26H19F3N4O2S. The SMILES string of the molecule is COc1ccc(-c2cc(-c3ccc(OC)cc3)n(-c3nc(-c4cccs4)cc(C(F)(F)F)n3)n2)cc1. The Kier molecular flexibility index (Phi) is 6.19. The molecule has 0 spiro atoms. The Bertz CT molecular complexity index is 1480. The van der Waals surface area contributed by atoms with Crippen molar-refractivity contribution in [1.82, 2.24) is 19.7 Å². The molecule has 5 aromatic rings. The first-order chi connectivity index (χ1) is 17.4. The van der Waals surface area contributed by atoms with Crippen LogP contribution in [0.3, 0.4) is 0 Å². The molecular weight excluding hydrogens is 489 g/mol. The maximum atomic E-state index is 13.8. The number of aromatic nitrogens is 4. The lowest BCUT2D eigenvalue weighted by Gasteiger charge is -2.12. The standard InChI is InChI=1S/C26H19F3N4O2S/c1-34-18-9-5-16(6-10-18)20-14-22(17-7-11-19(35-2)12-8-17)33(32-20)25-30-21(23-4-3-13-36-23)15-24(31-25)26(27,28)29/h3-15H,1-2H3. The van der Waals surface area contributed by atoms with E-state index < -0.39 is 11.9 Å². The zero-order chi connectivity index (χ0) is 25.3. The molecule has 0 aliphatic heterocycles. The van der Waals surface area contributed by atoms with Crippen LogP contribution in [0.2, 0.25) is 0 Å². The van der Waals surface area contributed by atoms with Gasteiger partial charge in [-0.05, 0) is 72.1 Å². The van der Waals surface area contributed by atoms with E-state index in [1.807, 2.05) is 12.1 Å². The molecule has 36 heavy (non-hydrogen) atoms. The van der Waals surface area contributed by atoms with Crippen molar-refractivity contribution in [2.75, 3.05) is 14.2 Å². The van der Waals surface area contributed by atoms with Crippen LogP contribution in [0.5, 0.6) is 11.5 Å². The molecule has 0 amide bonds. The van der Waals surface area contributed by atoms with Gasteiger partial charge in [0.2, 0.25) is 0 Å². The molecule has 0 saturated heterocycles. The molecule has 0 atom stereocenters. The maximum Gasteiger partial charge on any atom is 0.433 e. The Morgan fingerprint density at radius 2 is 1.42 bits per heavy atom. The van der Waals surface area contributed by atoms with Crippen LogP contribution in [0, 0.1) is 0 Å². The van der Waals surface area contributed by atoms with Crippen LogP contribution in [-0.2, 0) is 6.18 Å². The van der Waals surface area contributed by atoms with Crippen LogP contribution in [0.4, 0.5) is 13.2 Å². The number of nitrogens with zero attached hydrogens (tertiary/aromatic N) is 4. The molecule has 0 fully saturated rings. The van der Waals surface area contributed by atoms with Crippen LogP contribution in [-0.4, -0.2) is 34.0 Å². The summed E-state index contributed by atoms with van der Waals surface area (Å²) in [6.07, 6.45) is -4.66. The van der Waals surface area contributed by atoms with Gasteiger partial charge in [0.25, 0.3) is 5.95 Å². The summed E-state index contributed by atoms with van der Waals surface area (Å²) in [6.45, 7) is 0. The summed E-state index contributed by atoms with van der Waals surface area (Å²) >= 11 is 1.30. The first-order valence-electron chi connectivity index (χ1n) is 10.7. The summed E-state index contributed by atoms with van der Waals surface area (Å²) in [5.74, 6) is 1.14. The largest absolute Gasteiger partial charge is 0.497 e. The third-order valence-electron chi connectivity index (χ3n) is 5.45. The fourth-order valence-corrected chi connectivity index (χ4v) is 4.32. The fraction of sp³-hybridized carbons (Fsp3) is 0.115. The van der Waals surface area contributed by atoms with E-state index in [4.69, 9.17) is 9.47 Å². The Balaban J connectivity index is 1.72. The first-order valence-corrected chi connectivity index (χ1v) is 11.6. The molecule has 0 bridgehead atoms. The number of thiophene rings is 1. The third kappa shape index (κ3) is 4.67. The number of methoxy groups -OCH3 is 2. The van der Waals surface area contributed by atoms with Crippen molar-refractivity contribution in [2.45, 2.75) is 6.18 Å². The molecule has 3 heterocycles. The van der Waals surface area contributed by atoms with E-state index in [2.05, 4.69) is 15.1 Å². The van der Waals surface area contributed by atoms with E-state index in [1.54, 1.807) is 74.2 Å². The summed E-state index contributed by atoms with van der Waals surface area (Å²) in [5, 5.41) is 6.41. The van der Waals surface area contributed by atoms with Crippen LogP contribution < -0.4 is 9.47 Å². The second kappa shape index (κ2) is 9.46. The highest BCUT2D eigenvalue weighted by atomic mass is 32.1. The van der Waals surface area contributed by atoms with Gasteiger partial charge < -0.3 is 9.47 Å². The molecule has 3 aromatic heterocycles. The molecule has 0 unspecified atom stereocenters. The average Bonchev–Trinajstić information content (AvgIpc) is 3.59. The molecule has 0 aliphatic carbocycles. The van der Waals surface area contributed by atoms with Crippen LogP contribution in [0.25, 0.3) is 39.0 Å². The van der Waals surface area contributed by atoms with Crippen molar-refractivity contribution in [1.29, 1.82) is 0 Å². The van der Waals surface area contributed by atoms with Gasteiger partial charge >= 0.3 is 6.18 Å². The van der Waals surface area contributed by atoms with Crippen molar-refractivity contribution in [2.24, 2.45) is 0 Å². The maximum absolute atomic E-state index is 13.8. The Morgan fingerprint density at radius 3 is 1.97 bits per heavy atom. The minimum Gasteiger partial charge on any atom is -0.497 e. The zero-order valence-corrected chi connectivity index (χ0v) is 20.0. The van der Waals surface area contributed by atoms with Gasteiger partial charge in [-0.15, -0.1) is 11.3 Å². The quantitative estimate of drug-likeness (QED) is 0.254. The number of benzene rings is 2. The highest BCUT2D eigenvalue weighted by molar-refractivity contribution is 7.13. The van der Waals surface area contributed by atoms with Gasteiger partial charge in [0.05, 0.1) is 36.2 Å². The highest BCUT2D eigenvalue weighted by Gasteiger charge is 2.34. The Hall–Kier alpha value is -4.18. The normalized spacial score (nSPS) is 11.5. The van der Waals surface area contributed by atoms with Gasteiger partial charge in [-0.25, -0.2) is 9.97 Å². The van der Waals surface area contributed by atoms with Crippen molar-refractivity contribution in [3.8, 4) is 50.5 Å². The van der Waals surface area contributed by atoms with Gasteiger partial charge in [-0.2, -0.15) is 23.0 Å². The summed E-state index contributed by atoms with van der Waals surface area (Å²) in [4.78, 5) is 8.93. The minimum atomic E-state index is -4.66. The number of hydrogen-bond donors (Lipinski definition) is 0. The molecule has 10 heteroatoms. The zero-order valence-electron chi connectivity index (χ0n) is 19.2. The molecule has 6 nitrogen and oxygen atoms in total. The molecule has 0 saturated carbocycles. The van der Waals surface area contributed by atoms with Gasteiger partial charge in [0.15, 0.2) is 5.69 Å². The van der Waals surface area contributed by atoms with Crippen LogP contribution >= 0.6 is 11.3 Å². The van der Waals surface area contributed by atoms with E-state index in [0.29, 0.717) is 33.3 Å². The lowest BCUT2D eigenvalue weighted by molar-refractivity contribution is -0.141. The predicted molar refractivity (Wildman–Crippen MR) is 131 cm³/mol. The van der Waals surface area contributed by atoms with E-state index in [-0.39, 0.29) is 11.6 Å². The van der Waals surface area contributed by atoms with E-state index >= 15 is 0 Å². The molecule has 2 aromatic carbocycles. The van der Waals surface area contributed by atoms with E-state index in [9.17, 15) is 13.2 Å². The fourth-order valence-electron chi connectivity index (χ4n) is 3.63. The number of hydrogen-bond acceptors (Lipinski definition) is 6. The van der Waals surface area contributed by atoms with E-state index in [0.717, 1.165) is 11.6 Å². The summed E-state index contributed by atoms with van der Waals surface area (Å²) < 4.78 is 53.2. The highest BCUT2D eigenvalue weighted by Crippen LogP contribution is 2.34. The summed E-state index contributed by atoms with van der Waals surface area (Å²) in [6, 6.07) is 20.6. The topological polar surface area (TPSA) is 62.1 Å². The number of halogens is 3. The number of alkyl halides is 3. The molecule has 5 rings (SSSR count). The Morgan fingerprint density at radius 1 is 0.778 bits per heavy atom. The van der Waals surface area contributed by atoms with Crippen LogP contribution in [0.1, 0.15) is 5.69 Å². The molecule has 182 valence electrons. The van der Waals surface area contributed by atoms with Gasteiger partial charge in [-0.3, -0.25) is 0 Å². The van der Waals surface area contributed by atoms with Crippen LogP contribution in [0.15, 0.2) is 78.2 Å². The average molecular weight is 509 g/mol. The third-order valence-corrected chi connectivity index (χ3v) is 6.34. The summed E-state index contributed by atoms with van der Waals surface area (Å²) in [5.41, 5.74) is 1.67. The lowest BCUT2D eigenvalue weighted by Crippen LogP contribution is -2.14. The molecule has 0 aliphatic rings. The first kappa shape index (κ1) is 23.6. The minimum absolute atomic E-state index is 0.171. The number of ether oxygens (including phenoxy) is 2. The second-order valence-corrected chi connectivity index (χ2v) is 8.64. The monoisotopic (exact) mass is 508 g/mol. The Labute approximate surface area is 208 Å². The van der Waals surface area contributed by atoms with Gasteiger partial charge in [0, 0.05) is 11.1 Å². The van der Waals surface area contributed by atoms with Crippen molar-refractivity contribution < 1.29 is 22.6 Å². The predicted octanol–water partition coefficient (Wildman–Crippen LogP) is 6.76. The van der Waals surface area contributed by atoms with E-state index in [1.165, 1.54) is 16.0 Å². The van der Waals surface area contributed by atoms with Gasteiger partial charge in [0.1, 0.15) is 11.5 Å². The smallest absolute Gasteiger partial charge is 0.433 e. The van der Waals surface area contributed by atoms with Gasteiger partial charge in [-0.1, -0.05) is 6.07 Å². The lowest BCUT2D eigenvalue weighted by atomic mass is 10.1. The summed E-state index contributed by atoms with van der Waals surface area (Å²) in [7, 11) is 3.13. The second-order valence-electron chi connectivity index (χ2n) is 7.70. The van der Waals surface area contributed by atoms with Crippen molar-refractivity contribution in [3.63, 3.8) is 0 Å². The van der Waals surface area contributed by atoms with Crippen molar-refractivity contribution >= 4 is 11.3 Å². The van der Waals surface area contributed by atoms with Crippen molar-refractivity contribution in [3.05, 3.63) is 83.9 Å². The molecule has 0 radical (unpaired) electrons. The molecule has 0 N–H and O–H groups in total. The number of rotatable bonds is 6.